The Bertz CT molecular complexity index is 1050. The minimum absolute atomic E-state index is 0.164. The van der Waals surface area contributed by atoms with Crippen LogP contribution in [0.4, 0.5) is 0 Å². The number of aryl methyl sites for hydroxylation is 1. The van der Waals surface area contributed by atoms with Gasteiger partial charge in [-0.15, -0.1) is 10.2 Å². The highest BCUT2D eigenvalue weighted by molar-refractivity contribution is 7.99. The van der Waals surface area contributed by atoms with Crippen LogP contribution in [-0.2, 0) is 11.2 Å². The molecule has 3 aromatic rings. The molecule has 0 saturated carbocycles. The van der Waals surface area contributed by atoms with Crippen LogP contribution < -0.4 is 5.32 Å². The van der Waals surface area contributed by atoms with Crippen LogP contribution in [0.5, 0.6) is 0 Å². The molecule has 2 aromatic carbocycles. The predicted octanol–water partition coefficient (Wildman–Crippen LogP) is 4.64. The highest BCUT2D eigenvalue weighted by atomic mass is 32.2. The van der Waals surface area contributed by atoms with E-state index in [4.69, 9.17) is 0 Å². The van der Waals surface area contributed by atoms with E-state index >= 15 is 0 Å². The lowest BCUT2D eigenvalue weighted by atomic mass is 10.1. The van der Waals surface area contributed by atoms with Crippen molar-refractivity contribution in [3.8, 4) is 5.69 Å². The van der Waals surface area contributed by atoms with E-state index in [0.29, 0.717) is 6.42 Å². The maximum atomic E-state index is 12.1. The highest BCUT2D eigenvalue weighted by Gasteiger charge is 2.16. The molecular weight excluding hydrogens is 442 g/mol. The third kappa shape index (κ3) is 6.93. The molecule has 4 rings (SSSR count). The molecular formula is C27H35N5OS. The van der Waals surface area contributed by atoms with Gasteiger partial charge >= 0.3 is 0 Å². The summed E-state index contributed by atoms with van der Waals surface area (Å²) in [6.45, 7) is 6.21. The average molecular weight is 478 g/mol. The molecule has 2 heterocycles. The van der Waals surface area contributed by atoms with Gasteiger partial charge in [-0.05, 0) is 62.9 Å². The van der Waals surface area contributed by atoms with Crippen LogP contribution in [0.1, 0.15) is 49.1 Å². The van der Waals surface area contributed by atoms with E-state index in [9.17, 15) is 4.79 Å². The van der Waals surface area contributed by atoms with Gasteiger partial charge < -0.3 is 10.2 Å². The van der Waals surface area contributed by atoms with Crippen LogP contribution in [0, 0.1) is 6.92 Å². The number of amides is 1. The predicted molar refractivity (Wildman–Crippen MR) is 139 cm³/mol. The van der Waals surface area contributed by atoms with Crippen LogP contribution >= 0.6 is 11.8 Å². The molecule has 0 bridgehead atoms. The summed E-state index contributed by atoms with van der Waals surface area (Å²) >= 11 is 1.72. The fourth-order valence-corrected chi connectivity index (χ4v) is 5.30. The summed E-state index contributed by atoms with van der Waals surface area (Å²) in [5, 5.41) is 13.1. The van der Waals surface area contributed by atoms with E-state index in [1.807, 2.05) is 6.07 Å². The number of hydrogen-bond donors (Lipinski definition) is 1. The second-order valence-corrected chi connectivity index (χ2v) is 9.95. The van der Waals surface area contributed by atoms with E-state index in [1.54, 1.807) is 11.8 Å². The molecule has 1 aliphatic rings. The Labute approximate surface area is 207 Å². The molecule has 1 aromatic heterocycles. The smallest absolute Gasteiger partial charge is 0.220 e. The number of nitrogens with zero attached hydrogens (tertiary/aromatic N) is 4. The number of unbranched alkanes of at least 4 members (excludes halogenated alkanes) is 1. The van der Waals surface area contributed by atoms with Crippen molar-refractivity contribution in [3.05, 3.63) is 71.5 Å². The molecule has 0 atom stereocenters. The molecule has 0 aliphatic carbocycles. The zero-order chi connectivity index (χ0) is 23.6. The fraction of sp³-hybridized carbons (Fsp3) is 0.444. The maximum absolute atomic E-state index is 12.1. The van der Waals surface area contributed by atoms with Gasteiger partial charge in [0.05, 0.1) is 5.69 Å². The first-order chi connectivity index (χ1) is 16.7. The van der Waals surface area contributed by atoms with Gasteiger partial charge in [-0.25, -0.2) is 0 Å². The van der Waals surface area contributed by atoms with E-state index in [0.717, 1.165) is 54.8 Å². The lowest BCUT2D eigenvalue weighted by molar-refractivity contribution is -0.121. The van der Waals surface area contributed by atoms with Crippen molar-refractivity contribution in [2.75, 3.05) is 31.9 Å². The number of thioether (sulfide) groups is 1. The monoisotopic (exact) mass is 477 g/mol. The Kier molecular flexibility index (Phi) is 9.16. The van der Waals surface area contributed by atoms with Crippen molar-refractivity contribution in [1.29, 1.82) is 0 Å². The quantitative estimate of drug-likeness (QED) is 0.304. The summed E-state index contributed by atoms with van der Waals surface area (Å²) < 4.78 is 2.19. The van der Waals surface area contributed by atoms with E-state index in [-0.39, 0.29) is 5.91 Å². The number of carbonyl (C=O) groups excluding carboxylic acids is 1. The molecule has 0 unspecified atom stereocenters. The number of rotatable bonds is 12. The van der Waals surface area contributed by atoms with Gasteiger partial charge in [0.15, 0.2) is 5.16 Å². The molecule has 180 valence electrons. The summed E-state index contributed by atoms with van der Waals surface area (Å²) in [6, 6.07) is 18.8. The number of carbonyl (C=O) groups is 1. The van der Waals surface area contributed by atoms with Crippen molar-refractivity contribution >= 4 is 17.7 Å². The zero-order valence-electron chi connectivity index (χ0n) is 20.1. The third-order valence-electron chi connectivity index (χ3n) is 6.24. The average Bonchev–Trinajstić information content (AvgIpc) is 3.50. The van der Waals surface area contributed by atoms with Crippen molar-refractivity contribution in [1.82, 2.24) is 25.0 Å². The standard InChI is InChI=1S/C27H35N5OS/c1-22-11-5-6-14-24(22)32-25(21-23-12-3-2-4-13-23)29-30-27(32)34-20-10-7-15-26(33)28-16-19-31-17-8-9-18-31/h2-6,11-14H,7-10,15-21H2,1H3,(H,28,33). The van der Waals surface area contributed by atoms with Crippen LogP contribution in [0.2, 0.25) is 0 Å². The van der Waals surface area contributed by atoms with Crippen LogP contribution in [0.25, 0.3) is 5.69 Å². The van der Waals surface area contributed by atoms with Gasteiger partial charge in [0.1, 0.15) is 5.82 Å². The summed E-state index contributed by atoms with van der Waals surface area (Å²) in [7, 11) is 0. The van der Waals surface area contributed by atoms with Gasteiger partial charge in [-0.3, -0.25) is 9.36 Å². The summed E-state index contributed by atoms with van der Waals surface area (Å²) in [6.07, 6.45) is 5.76. The number of aromatic nitrogens is 3. The van der Waals surface area contributed by atoms with Crippen molar-refractivity contribution in [2.45, 2.75) is 50.6 Å². The number of benzene rings is 2. The Morgan fingerprint density at radius 2 is 1.76 bits per heavy atom. The van der Waals surface area contributed by atoms with E-state index < -0.39 is 0 Å². The fourth-order valence-electron chi connectivity index (χ4n) is 4.34. The summed E-state index contributed by atoms with van der Waals surface area (Å²) in [5.74, 6) is 2.02. The topological polar surface area (TPSA) is 63.1 Å². The Balaban J connectivity index is 1.29. The van der Waals surface area contributed by atoms with Crippen LogP contribution in [-0.4, -0.2) is 57.5 Å². The number of nitrogens with one attached hydrogen (secondary N) is 1. The minimum Gasteiger partial charge on any atom is -0.355 e. The zero-order valence-corrected chi connectivity index (χ0v) is 20.9. The molecule has 1 N–H and O–H groups in total. The van der Waals surface area contributed by atoms with Gasteiger partial charge in [0.25, 0.3) is 0 Å². The Morgan fingerprint density at radius 1 is 1.00 bits per heavy atom. The molecule has 7 heteroatoms. The normalized spacial score (nSPS) is 13.9. The van der Waals surface area contributed by atoms with Crippen LogP contribution in [0.3, 0.4) is 0 Å². The minimum atomic E-state index is 0.164. The molecule has 1 amide bonds. The summed E-state index contributed by atoms with van der Waals surface area (Å²) in [4.78, 5) is 14.6. The Hall–Kier alpha value is -2.64. The molecule has 34 heavy (non-hydrogen) atoms. The number of hydrogen-bond acceptors (Lipinski definition) is 5. The molecule has 1 aliphatic heterocycles. The van der Waals surface area contributed by atoms with Crippen molar-refractivity contribution in [2.24, 2.45) is 0 Å². The van der Waals surface area contributed by atoms with Crippen molar-refractivity contribution in [3.63, 3.8) is 0 Å². The molecule has 0 radical (unpaired) electrons. The van der Waals surface area contributed by atoms with Gasteiger partial charge in [0.2, 0.25) is 5.91 Å². The van der Waals surface area contributed by atoms with E-state index in [1.165, 1.54) is 37.1 Å². The molecule has 0 spiro atoms. The van der Waals surface area contributed by atoms with Gasteiger partial charge in [-0.2, -0.15) is 0 Å². The van der Waals surface area contributed by atoms with Crippen LogP contribution in [0.15, 0.2) is 59.8 Å². The number of likely N-dealkylation sites (tertiary alicyclic amines) is 1. The largest absolute Gasteiger partial charge is 0.355 e. The molecule has 1 saturated heterocycles. The first kappa shape index (κ1) is 24.5. The van der Waals surface area contributed by atoms with Gasteiger partial charge in [-0.1, -0.05) is 60.3 Å². The summed E-state index contributed by atoms with van der Waals surface area (Å²) in [5.41, 5.74) is 3.54. The third-order valence-corrected chi connectivity index (χ3v) is 7.26. The maximum Gasteiger partial charge on any atom is 0.220 e. The first-order valence-electron chi connectivity index (χ1n) is 12.4. The lowest BCUT2D eigenvalue weighted by Crippen LogP contribution is -2.33. The van der Waals surface area contributed by atoms with Gasteiger partial charge in [0, 0.05) is 31.7 Å². The number of para-hydroxylation sites is 1. The second kappa shape index (κ2) is 12.7. The Morgan fingerprint density at radius 3 is 2.56 bits per heavy atom. The second-order valence-electron chi connectivity index (χ2n) is 8.89. The first-order valence-corrected chi connectivity index (χ1v) is 13.4. The lowest BCUT2D eigenvalue weighted by Gasteiger charge is -2.14. The van der Waals surface area contributed by atoms with Crippen molar-refractivity contribution < 1.29 is 4.79 Å². The SMILES string of the molecule is Cc1ccccc1-n1c(Cc2ccccc2)nnc1SCCCCC(=O)NCCN1CCCC1. The molecule has 1 fully saturated rings. The molecule has 6 nitrogen and oxygen atoms in total. The van der Waals surface area contributed by atoms with E-state index in [2.05, 4.69) is 80.4 Å². The highest BCUT2D eigenvalue weighted by Crippen LogP contribution is 2.26.